The molecule has 1 amide bonds. The highest BCUT2D eigenvalue weighted by atomic mass is 35.5. The molecule has 0 aliphatic rings. The molecule has 0 aromatic heterocycles. The fraction of sp³-hybridized carbons (Fsp3) is 0.188. The van der Waals surface area contributed by atoms with Crippen LogP contribution in [0.2, 0.25) is 5.02 Å². The van der Waals surface area contributed by atoms with Crippen molar-refractivity contribution in [3.8, 4) is 5.75 Å². The molecule has 1 N–H and O–H groups in total. The standard InChI is InChI=1S/C16H16ClNO2/c1-11-7-3-6-10-15(11)20-12(2)16(19)18-14-9-5-4-8-13(14)17/h3-10,12H,1-2H3,(H,18,19). The molecule has 104 valence electrons. The summed E-state index contributed by atoms with van der Waals surface area (Å²) in [6.07, 6.45) is -0.604. The second-order valence-electron chi connectivity index (χ2n) is 4.49. The lowest BCUT2D eigenvalue weighted by molar-refractivity contribution is -0.122. The average molecular weight is 290 g/mol. The van der Waals surface area contributed by atoms with Crippen LogP contribution in [0.1, 0.15) is 12.5 Å². The Balaban J connectivity index is 2.03. The first-order valence-electron chi connectivity index (χ1n) is 6.35. The third-order valence-electron chi connectivity index (χ3n) is 2.90. The molecule has 0 heterocycles. The van der Waals surface area contributed by atoms with Crippen LogP contribution in [0.5, 0.6) is 5.75 Å². The van der Waals surface area contributed by atoms with E-state index in [1.807, 2.05) is 43.3 Å². The number of anilines is 1. The van der Waals surface area contributed by atoms with Crippen molar-refractivity contribution in [1.82, 2.24) is 0 Å². The van der Waals surface area contributed by atoms with Crippen molar-refractivity contribution in [2.24, 2.45) is 0 Å². The molecule has 2 aromatic carbocycles. The van der Waals surface area contributed by atoms with Crippen LogP contribution in [0.4, 0.5) is 5.69 Å². The first kappa shape index (κ1) is 14.4. The number of carbonyl (C=O) groups is 1. The summed E-state index contributed by atoms with van der Waals surface area (Å²) in [6, 6.07) is 14.7. The van der Waals surface area contributed by atoms with Crippen LogP contribution in [-0.4, -0.2) is 12.0 Å². The van der Waals surface area contributed by atoms with Gasteiger partial charge in [-0.1, -0.05) is 41.9 Å². The molecule has 0 fully saturated rings. The fourth-order valence-electron chi connectivity index (χ4n) is 1.73. The first-order chi connectivity index (χ1) is 9.58. The van der Waals surface area contributed by atoms with Gasteiger partial charge in [-0.25, -0.2) is 0 Å². The summed E-state index contributed by atoms with van der Waals surface area (Å²) in [5, 5.41) is 3.26. The summed E-state index contributed by atoms with van der Waals surface area (Å²) < 4.78 is 5.66. The van der Waals surface area contributed by atoms with Crippen LogP contribution in [-0.2, 0) is 4.79 Å². The zero-order valence-corrected chi connectivity index (χ0v) is 12.1. The van der Waals surface area contributed by atoms with Gasteiger partial charge in [0, 0.05) is 0 Å². The number of hydrogen-bond acceptors (Lipinski definition) is 2. The summed E-state index contributed by atoms with van der Waals surface area (Å²) in [4.78, 5) is 12.1. The van der Waals surface area contributed by atoms with E-state index in [0.29, 0.717) is 16.5 Å². The molecule has 0 aliphatic heterocycles. The molecule has 1 unspecified atom stereocenters. The van der Waals surface area contributed by atoms with Crippen molar-refractivity contribution in [2.45, 2.75) is 20.0 Å². The van der Waals surface area contributed by atoms with E-state index in [2.05, 4.69) is 5.32 Å². The summed E-state index contributed by atoms with van der Waals surface area (Å²) in [5.41, 5.74) is 1.57. The molecule has 2 aromatic rings. The molecule has 3 nitrogen and oxygen atoms in total. The first-order valence-corrected chi connectivity index (χ1v) is 6.73. The number of nitrogens with one attached hydrogen (secondary N) is 1. The topological polar surface area (TPSA) is 38.3 Å². The summed E-state index contributed by atoms with van der Waals surface area (Å²) in [6.45, 7) is 3.65. The van der Waals surface area contributed by atoms with Gasteiger partial charge in [-0.2, -0.15) is 0 Å². The second-order valence-corrected chi connectivity index (χ2v) is 4.90. The monoisotopic (exact) mass is 289 g/mol. The summed E-state index contributed by atoms with van der Waals surface area (Å²) in [5.74, 6) is 0.468. The molecule has 4 heteroatoms. The van der Waals surface area contributed by atoms with E-state index in [9.17, 15) is 4.79 Å². The van der Waals surface area contributed by atoms with Crippen LogP contribution < -0.4 is 10.1 Å². The van der Waals surface area contributed by atoms with E-state index >= 15 is 0 Å². The van der Waals surface area contributed by atoms with E-state index in [0.717, 1.165) is 5.56 Å². The molecule has 0 aliphatic carbocycles. The normalized spacial score (nSPS) is 11.8. The van der Waals surface area contributed by atoms with Gasteiger partial charge in [0.05, 0.1) is 10.7 Å². The predicted octanol–water partition coefficient (Wildman–Crippen LogP) is 4.05. The largest absolute Gasteiger partial charge is 0.481 e. The zero-order chi connectivity index (χ0) is 14.5. The highest BCUT2D eigenvalue weighted by molar-refractivity contribution is 6.33. The van der Waals surface area contributed by atoms with Gasteiger partial charge in [-0.3, -0.25) is 4.79 Å². The Morgan fingerprint density at radius 1 is 1.15 bits per heavy atom. The summed E-state index contributed by atoms with van der Waals surface area (Å²) in [7, 11) is 0. The molecule has 20 heavy (non-hydrogen) atoms. The Morgan fingerprint density at radius 2 is 1.80 bits per heavy atom. The Labute approximate surface area is 123 Å². The maximum atomic E-state index is 12.1. The van der Waals surface area contributed by atoms with Crippen molar-refractivity contribution in [3.63, 3.8) is 0 Å². The lowest BCUT2D eigenvalue weighted by atomic mass is 10.2. The molecule has 1 atom stereocenters. The van der Waals surface area contributed by atoms with Crippen molar-refractivity contribution in [2.75, 3.05) is 5.32 Å². The number of carbonyl (C=O) groups excluding carboxylic acids is 1. The van der Waals surface area contributed by atoms with Gasteiger partial charge >= 0.3 is 0 Å². The number of ether oxygens (including phenoxy) is 1. The molecular formula is C16H16ClNO2. The van der Waals surface area contributed by atoms with E-state index in [4.69, 9.17) is 16.3 Å². The second kappa shape index (κ2) is 6.44. The molecule has 2 rings (SSSR count). The van der Waals surface area contributed by atoms with E-state index in [1.54, 1.807) is 19.1 Å². The average Bonchev–Trinajstić information content (AvgIpc) is 2.43. The van der Waals surface area contributed by atoms with E-state index in [1.165, 1.54) is 0 Å². The Bertz CT molecular complexity index is 613. The number of aryl methyl sites for hydroxylation is 1. The molecule has 0 radical (unpaired) electrons. The Hall–Kier alpha value is -2.00. The molecule has 0 saturated heterocycles. The van der Waals surface area contributed by atoms with E-state index < -0.39 is 6.10 Å². The van der Waals surface area contributed by atoms with Gasteiger partial charge in [0.15, 0.2) is 6.10 Å². The van der Waals surface area contributed by atoms with Crippen molar-refractivity contribution in [3.05, 3.63) is 59.1 Å². The van der Waals surface area contributed by atoms with Crippen molar-refractivity contribution < 1.29 is 9.53 Å². The SMILES string of the molecule is Cc1ccccc1OC(C)C(=O)Nc1ccccc1Cl. The zero-order valence-electron chi connectivity index (χ0n) is 11.4. The number of halogens is 1. The lowest BCUT2D eigenvalue weighted by Gasteiger charge is -2.16. The minimum absolute atomic E-state index is 0.235. The van der Waals surface area contributed by atoms with Gasteiger partial charge in [0.1, 0.15) is 5.75 Å². The smallest absolute Gasteiger partial charge is 0.265 e. The minimum atomic E-state index is -0.604. The lowest BCUT2D eigenvalue weighted by Crippen LogP contribution is -2.30. The van der Waals surface area contributed by atoms with Crippen molar-refractivity contribution in [1.29, 1.82) is 0 Å². The summed E-state index contributed by atoms with van der Waals surface area (Å²) >= 11 is 6.00. The van der Waals surface area contributed by atoms with Crippen LogP contribution >= 0.6 is 11.6 Å². The fourth-order valence-corrected chi connectivity index (χ4v) is 1.91. The van der Waals surface area contributed by atoms with Crippen molar-refractivity contribution >= 4 is 23.2 Å². The highest BCUT2D eigenvalue weighted by Gasteiger charge is 2.16. The van der Waals surface area contributed by atoms with Crippen LogP contribution in [0.3, 0.4) is 0 Å². The van der Waals surface area contributed by atoms with Crippen LogP contribution in [0.25, 0.3) is 0 Å². The number of para-hydroxylation sites is 2. The Morgan fingerprint density at radius 3 is 2.50 bits per heavy atom. The maximum Gasteiger partial charge on any atom is 0.265 e. The number of rotatable bonds is 4. The molecular weight excluding hydrogens is 274 g/mol. The highest BCUT2D eigenvalue weighted by Crippen LogP contribution is 2.22. The van der Waals surface area contributed by atoms with Gasteiger partial charge in [-0.05, 0) is 37.6 Å². The molecule has 0 spiro atoms. The quantitative estimate of drug-likeness (QED) is 0.922. The predicted molar refractivity (Wildman–Crippen MR) is 81.4 cm³/mol. The minimum Gasteiger partial charge on any atom is -0.481 e. The van der Waals surface area contributed by atoms with Crippen LogP contribution in [0, 0.1) is 6.92 Å². The van der Waals surface area contributed by atoms with Gasteiger partial charge in [0.25, 0.3) is 5.91 Å². The third kappa shape index (κ3) is 3.52. The number of hydrogen-bond donors (Lipinski definition) is 1. The van der Waals surface area contributed by atoms with Gasteiger partial charge < -0.3 is 10.1 Å². The number of amides is 1. The van der Waals surface area contributed by atoms with Gasteiger partial charge in [-0.15, -0.1) is 0 Å². The molecule has 0 bridgehead atoms. The number of benzene rings is 2. The van der Waals surface area contributed by atoms with E-state index in [-0.39, 0.29) is 5.91 Å². The van der Waals surface area contributed by atoms with Crippen LogP contribution in [0.15, 0.2) is 48.5 Å². The maximum absolute atomic E-state index is 12.1. The third-order valence-corrected chi connectivity index (χ3v) is 3.23. The Kier molecular flexibility index (Phi) is 4.64. The molecule has 0 saturated carbocycles. The van der Waals surface area contributed by atoms with Gasteiger partial charge in [0.2, 0.25) is 0 Å².